The maximum absolute atomic E-state index is 12.9. The summed E-state index contributed by atoms with van der Waals surface area (Å²) < 4.78 is 11.7. The van der Waals surface area contributed by atoms with E-state index in [9.17, 15) is 4.79 Å². The van der Waals surface area contributed by atoms with Gasteiger partial charge >= 0.3 is 0 Å². The van der Waals surface area contributed by atoms with Gasteiger partial charge in [0.15, 0.2) is 11.5 Å². The van der Waals surface area contributed by atoms with Crippen LogP contribution in [0.1, 0.15) is 47.9 Å². The fraction of sp³-hybridized carbons (Fsp3) is 0.280. The van der Waals surface area contributed by atoms with Crippen LogP contribution in [0.5, 0.6) is 11.5 Å². The van der Waals surface area contributed by atoms with Crippen LogP contribution >= 0.6 is 0 Å². The molecule has 2 heterocycles. The van der Waals surface area contributed by atoms with Gasteiger partial charge in [-0.1, -0.05) is 36.4 Å². The van der Waals surface area contributed by atoms with Gasteiger partial charge in [0, 0.05) is 23.5 Å². The fourth-order valence-electron chi connectivity index (χ4n) is 3.90. The maximum Gasteiger partial charge on any atom is 0.277 e. The van der Waals surface area contributed by atoms with Crippen molar-refractivity contribution in [1.29, 1.82) is 0 Å². The molecule has 0 spiro atoms. The zero-order chi connectivity index (χ0) is 21.1. The molecule has 30 heavy (non-hydrogen) atoms. The van der Waals surface area contributed by atoms with Gasteiger partial charge in [-0.05, 0) is 50.5 Å². The van der Waals surface area contributed by atoms with Crippen LogP contribution < -0.4 is 14.4 Å². The van der Waals surface area contributed by atoms with Crippen LogP contribution in [0.2, 0.25) is 0 Å². The van der Waals surface area contributed by atoms with Crippen molar-refractivity contribution in [3.05, 3.63) is 83.7 Å². The van der Waals surface area contributed by atoms with Crippen LogP contribution in [-0.2, 0) is 6.42 Å². The average molecular weight is 402 g/mol. The highest BCUT2D eigenvalue weighted by atomic mass is 16.5. The normalized spacial score (nSPS) is 16.3. The second-order valence-electron chi connectivity index (χ2n) is 7.58. The SMILES string of the molecule is COc1ccc(N2C(=O)c3ncccc3C2C)cc1OC(C)CCc1ccccc1. The number of fused-ring (bicyclic) bond motifs is 1. The van der Waals surface area contributed by atoms with Gasteiger partial charge in [-0.25, -0.2) is 0 Å². The molecule has 4 rings (SSSR count). The van der Waals surface area contributed by atoms with Crippen LogP contribution in [0, 0.1) is 0 Å². The Hall–Kier alpha value is -3.34. The first-order valence-electron chi connectivity index (χ1n) is 10.3. The highest BCUT2D eigenvalue weighted by Gasteiger charge is 2.36. The monoisotopic (exact) mass is 402 g/mol. The van der Waals surface area contributed by atoms with Gasteiger partial charge in [-0.3, -0.25) is 14.7 Å². The lowest BCUT2D eigenvalue weighted by Gasteiger charge is -2.24. The Morgan fingerprint density at radius 3 is 2.60 bits per heavy atom. The minimum absolute atomic E-state index is 0.0000712. The zero-order valence-electron chi connectivity index (χ0n) is 17.5. The van der Waals surface area contributed by atoms with E-state index in [0.717, 1.165) is 24.1 Å². The number of ether oxygens (including phenoxy) is 2. The van der Waals surface area contributed by atoms with Gasteiger partial charge in [-0.2, -0.15) is 0 Å². The van der Waals surface area contributed by atoms with E-state index in [2.05, 4.69) is 36.2 Å². The van der Waals surface area contributed by atoms with Crippen LogP contribution in [-0.4, -0.2) is 24.1 Å². The molecule has 1 aliphatic heterocycles. The molecule has 0 saturated carbocycles. The summed E-state index contributed by atoms with van der Waals surface area (Å²) >= 11 is 0. The minimum atomic E-state index is -0.0913. The molecule has 5 heteroatoms. The van der Waals surface area contributed by atoms with E-state index in [1.807, 2.05) is 43.3 Å². The lowest BCUT2D eigenvalue weighted by molar-refractivity contribution is 0.0988. The first kappa shape index (κ1) is 20.0. The summed E-state index contributed by atoms with van der Waals surface area (Å²) in [5.74, 6) is 1.20. The topological polar surface area (TPSA) is 51.7 Å². The van der Waals surface area contributed by atoms with Crippen molar-refractivity contribution in [2.45, 2.75) is 38.8 Å². The molecular formula is C25H26N2O3. The number of aryl methyl sites for hydroxylation is 1. The number of rotatable bonds is 7. The van der Waals surface area contributed by atoms with E-state index < -0.39 is 0 Å². The number of hydrogen-bond acceptors (Lipinski definition) is 4. The van der Waals surface area contributed by atoms with Crippen LogP contribution in [0.15, 0.2) is 66.9 Å². The molecule has 0 N–H and O–H groups in total. The van der Waals surface area contributed by atoms with Crippen LogP contribution in [0.4, 0.5) is 5.69 Å². The summed E-state index contributed by atoms with van der Waals surface area (Å²) in [5.41, 5.74) is 3.52. The van der Waals surface area contributed by atoms with Crippen LogP contribution in [0.25, 0.3) is 0 Å². The standard InChI is InChI=1S/C25H26N2O3/c1-17(11-12-19-8-5-4-6-9-19)30-23-16-20(13-14-22(23)29-3)27-18(2)21-10-7-15-26-24(21)25(27)28/h4-10,13-18H,11-12H2,1-3H3. The summed E-state index contributed by atoms with van der Waals surface area (Å²) in [6.45, 7) is 4.07. The Balaban J connectivity index is 1.53. The Labute approximate surface area is 177 Å². The smallest absolute Gasteiger partial charge is 0.277 e. The molecule has 0 fully saturated rings. The molecule has 5 nitrogen and oxygen atoms in total. The number of carbonyl (C=O) groups is 1. The van der Waals surface area contributed by atoms with E-state index in [1.54, 1.807) is 18.2 Å². The average Bonchev–Trinajstić information content (AvgIpc) is 3.03. The molecule has 2 atom stereocenters. The highest BCUT2D eigenvalue weighted by molar-refractivity contribution is 6.09. The van der Waals surface area contributed by atoms with Crippen LogP contribution in [0.3, 0.4) is 0 Å². The molecule has 1 amide bonds. The Morgan fingerprint density at radius 1 is 1.07 bits per heavy atom. The van der Waals surface area contributed by atoms with Crippen molar-refractivity contribution in [2.24, 2.45) is 0 Å². The van der Waals surface area contributed by atoms with Gasteiger partial charge in [0.05, 0.1) is 19.3 Å². The molecular weight excluding hydrogens is 376 g/mol. The molecule has 2 aromatic carbocycles. The summed E-state index contributed by atoms with van der Waals surface area (Å²) in [7, 11) is 1.62. The number of carbonyl (C=O) groups excluding carboxylic acids is 1. The first-order valence-corrected chi connectivity index (χ1v) is 10.3. The molecule has 154 valence electrons. The number of amides is 1. The van der Waals surface area contributed by atoms with E-state index in [4.69, 9.17) is 9.47 Å². The molecule has 0 saturated heterocycles. The Morgan fingerprint density at radius 2 is 1.87 bits per heavy atom. The molecule has 0 radical (unpaired) electrons. The van der Waals surface area contributed by atoms with E-state index in [-0.39, 0.29) is 18.1 Å². The van der Waals surface area contributed by atoms with Gasteiger partial charge < -0.3 is 9.47 Å². The van der Waals surface area contributed by atoms with E-state index in [0.29, 0.717) is 17.2 Å². The Kier molecular flexibility index (Phi) is 5.70. The molecule has 0 bridgehead atoms. The minimum Gasteiger partial charge on any atom is -0.493 e. The highest BCUT2D eigenvalue weighted by Crippen LogP contribution is 2.40. The van der Waals surface area contributed by atoms with Crippen molar-refractivity contribution in [3.8, 4) is 11.5 Å². The third kappa shape index (κ3) is 3.88. The van der Waals surface area contributed by atoms with Crippen molar-refractivity contribution < 1.29 is 14.3 Å². The number of anilines is 1. The van der Waals surface area contributed by atoms with Crippen molar-refractivity contribution in [1.82, 2.24) is 4.98 Å². The molecule has 2 unspecified atom stereocenters. The lowest BCUT2D eigenvalue weighted by atomic mass is 10.1. The van der Waals surface area contributed by atoms with Crippen molar-refractivity contribution in [2.75, 3.05) is 12.0 Å². The Bertz CT molecular complexity index is 1040. The van der Waals surface area contributed by atoms with Gasteiger partial charge in [0.2, 0.25) is 0 Å². The number of benzene rings is 2. The van der Waals surface area contributed by atoms with Gasteiger partial charge in [-0.15, -0.1) is 0 Å². The maximum atomic E-state index is 12.9. The molecule has 1 aromatic heterocycles. The summed E-state index contributed by atoms with van der Waals surface area (Å²) in [4.78, 5) is 19.0. The molecule has 1 aliphatic rings. The lowest BCUT2D eigenvalue weighted by Crippen LogP contribution is -2.26. The van der Waals surface area contributed by atoms with Crippen molar-refractivity contribution >= 4 is 11.6 Å². The zero-order valence-corrected chi connectivity index (χ0v) is 17.5. The summed E-state index contributed by atoms with van der Waals surface area (Å²) in [6.07, 6.45) is 3.47. The second kappa shape index (κ2) is 8.57. The quantitative estimate of drug-likeness (QED) is 0.544. The fourth-order valence-corrected chi connectivity index (χ4v) is 3.90. The van der Waals surface area contributed by atoms with Gasteiger partial charge in [0.1, 0.15) is 5.69 Å². The third-order valence-electron chi connectivity index (χ3n) is 5.53. The number of methoxy groups -OCH3 is 1. The molecule has 0 aliphatic carbocycles. The predicted octanol–water partition coefficient (Wildman–Crippen LogP) is 5.21. The largest absolute Gasteiger partial charge is 0.493 e. The summed E-state index contributed by atoms with van der Waals surface area (Å²) in [6, 6.07) is 19.7. The van der Waals surface area contributed by atoms with Gasteiger partial charge in [0.25, 0.3) is 5.91 Å². The number of hydrogen-bond donors (Lipinski definition) is 0. The number of nitrogens with zero attached hydrogens (tertiary/aromatic N) is 2. The van der Waals surface area contributed by atoms with Crippen molar-refractivity contribution in [3.63, 3.8) is 0 Å². The predicted molar refractivity (Wildman–Crippen MR) is 117 cm³/mol. The van der Waals surface area contributed by atoms with E-state index >= 15 is 0 Å². The second-order valence-corrected chi connectivity index (χ2v) is 7.58. The number of aromatic nitrogens is 1. The number of pyridine rings is 1. The summed E-state index contributed by atoms with van der Waals surface area (Å²) in [5, 5.41) is 0. The first-order chi connectivity index (χ1) is 14.6. The molecule has 3 aromatic rings. The van der Waals surface area contributed by atoms with E-state index in [1.165, 1.54) is 5.56 Å². The third-order valence-corrected chi connectivity index (χ3v) is 5.53.